The van der Waals surface area contributed by atoms with Crippen LogP contribution in [0.4, 0.5) is 11.4 Å². The predicted molar refractivity (Wildman–Crippen MR) is 163 cm³/mol. The predicted octanol–water partition coefficient (Wildman–Crippen LogP) is 5.25. The van der Waals surface area contributed by atoms with Crippen molar-refractivity contribution in [2.24, 2.45) is 5.10 Å². The number of nitrogens with zero attached hydrogens (tertiary/aromatic N) is 2. The van der Waals surface area contributed by atoms with Gasteiger partial charge in [0.15, 0.2) is 11.5 Å². The van der Waals surface area contributed by atoms with Gasteiger partial charge in [0.1, 0.15) is 5.75 Å². The molecule has 0 aliphatic rings. The number of nitro groups is 1. The van der Waals surface area contributed by atoms with Crippen molar-refractivity contribution in [3.63, 3.8) is 0 Å². The number of methoxy groups -OCH3 is 2. The molecule has 44 heavy (non-hydrogen) atoms. The fourth-order valence-corrected chi connectivity index (χ4v) is 3.80. The van der Waals surface area contributed by atoms with Crippen LogP contribution in [-0.2, 0) is 4.79 Å². The van der Waals surface area contributed by atoms with E-state index in [1.807, 2.05) is 0 Å². The summed E-state index contributed by atoms with van der Waals surface area (Å²) >= 11 is 0. The smallest absolute Gasteiger partial charge is 0.336 e. The van der Waals surface area contributed by atoms with Crippen molar-refractivity contribution >= 4 is 41.4 Å². The number of anilines is 1. The van der Waals surface area contributed by atoms with Gasteiger partial charge in [0.25, 0.3) is 17.5 Å². The summed E-state index contributed by atoms with van der Waals surface area (Å²) in [6, 6.07) is 23.4. The highest BCUT2D eigenvalue weighted by atomic mass is 16.6. The van der Waals surface area contributed by atoms with Crippen LogP contribution in [0.5, 0.6) is 17.2 Å². The van der Waals surface area contributed by atoms with E-state index in [0.29, 0.717) is 28.1 Å². The van der Waals surface area contributed by atoms with E-state index in [-0.39, 0.29) is 28.7 Å². The van der Waals surface area contributed by atoms with Gasteiger partial charge >= 0.3 is 5.97 Å². The Morgan fingerprint density at radius 2 is 1.50 bits per heavy atom. The number of hydrogen-bond acceptors (Lipinski definition) is 9. The molecule has 12 nitrogen and oxygen atoms in total. The minimum Gasteiger partial charge on any atom is -0.497 e. The third-order valence-electron chi connectivity index (χ3n) is 6.01. The molecule has 0 atom stereocenters. The zero-order valence-corrected chi connectivity index (χ0v) is 23.6. The summed E-state index contributed by atoms with van der Waals surface area (Å²) in [6.07, 6.45) is 4.03. The zero-order valence-electron chi connectivity index (χ0n) is 23.6. The number of nitrogens with one attached hydrogen (secondary N) is 2. The molecule has 0 fully saturated rings. The van der Waals surface area contributed by atoms with Gasteiger partial charge in [0, 0.05) is 35.0 Å². The number of esters is 1. The van der Waals surface area contributed by atoms with Crippen LogP contribution in [0.15, 0.2) is 102 Å². The van der Waals surface area contributed by atoms with E-state index in [9.17, 15) is 24.5 Å². The molecule has 4 aromatic rings. The molecule has 0 aliphatic carbocycles. The largest absolute Gasteiger partial charge is 0.497 e. The Morgan fingerprint density at radius 1 is 0.795 bits per heavy atom. The molecule has 0 radical (unpaired) electrons. The third kappa shape index (κ3) is 8.36. The molecule has 2 N–H and O–H groups in total. The highest BCUT2D eigenvalue weighted by Gasteiger charge is 2.11. The van der Waals surface area contributed by atoms with Crippen molar-refractivity contribution in [2.75, 3.05) is 19.5 Å². The average molecular weight is 595 g/mol. The minimum atomic E-state index is -0.683. The lowest BCUT2D eigenvalue weighted by Crippen LogP contribution is -2.18. The molecule has 12 heteroatoms. The summed E-state index contributed by atoms with van der Waals surface area (Å²) < 4.78 is 15.8. The molecule has 222 valence electrons. The van der Waals surface area contributed by atoms with Gasteiger partial charge in [-0.15, -0.1) is 0 Å². The summed E-state index contributed by atoms with van der Waals surface area (Å²) in [6.45, 7) is 0. The van der Waals surface area contributed by atoms with Crippen LogP contribution in [0.2, 0.25) is 0 Å². The van der Waals surface area contributed by atoms with E-state index in [0.717, 1.165) is 0 Å². The number of benzene rings is 4. The summed E-state index contributed by atoms with van der Waals surface area (Å²) in [5.74, 6) is -0.598. The molecule has 2 amide bonds. The highest BCUT2D eigenvalue weighted by molar-refractivity contribution is 6.05. The summed E-state index contributed by atoms with van der Waals surface area (Å²) in [5.41, 5.74) is 4.59. The van der Waals surface area contributed by atoms with Crippen LogP contribution in [0, 0.1) is 10.1 Å². The lowest BCUT2D eigenvalue weighted by molar-refractivity contribution is -0.384. The molecule has 0 unspecified atom stereocenters. The van der Waals surface area contributed by atoms with E-state index in [1.54, 1.807) is 54.6 Å². The van der Waals surface area contributed by atoms with Gasteiger partial charge in [-0.3, -0.25) is 19.7 Å². The minimum absolute atomic E-state index is 0.0571. The molecule has 0 saturated carbocycles. The highest BCUT2D eigenvalue weighted by Crippen LogP contribution is 2.28. The number of hydrazone groups is 1. The van der Waals surface area contributed by atoms with Crippen molar-refractivity contribution < 1.29 is 33.5 Å². The summed E-state index contributed by atoms with van der Waals surface area (Å²) in [4.78, 5) is 47.8. The van der Waals surface area contributed by atoms with Crippen LogP contribution < -0.4 is 25.0 Å². The van der Waals surface area contributed by atoms with Gasteiger partial charge in [-0.1, -0.05) is 12.1 Å². The maximum Gasteiger partial charge on any atom is 0.336 e. The first-order valence-electron chi connectivity index (χ1n) is 13.0. The normalized spacial score (nSPS) is 10.8. The van der Waals surface area contributed by atoms with Crippen molar-refractivity contribution in [3.8, 4) is 17.2 Å². The van der Waals surface area contributed by atoms with E-state index in [2.05, 4.69) is 15.8 Å². The van der Waals surface area contributed by atoms with Crippen molar-refractivity contribution in [1.82, 2.24) is 5.43 Å². The Hall–Kier alpha value is -6.30. The van der Waals surface area contributed by atoms with E-state index in [4.69, 9.17) is 14.2 Å². The van der Waals surface area contributed by atoms with Gasteiger partial charge < -0.3 is 19.5 Å². The first kappa shape index (κ1) is 30.7. The molecule has 0 aliphatic heterocycles. The number of hydrogen-bond donors (Lipinski definition) is 2. The Labute approximate surface area is 251 Å². The van der Waals surface area contributed by atoms with Crippen LogP contribution >= 0.6 is 0 Å². The average Bonchev–Trinajstić information content (AvgIpc) is 3.04. The third-order valence-corrected chi connectivity index (χ3v) is 6.01. The number of carbonyl (C=O) groups is 3. The van der Waals surface area contributed by atoms with Crippen molar-refractivity contribution in [3.05, 3.63) is 129 Å². The monoisotopic (exact) mass is 594 g/mol. The first-order valence-corrected chi connectivity index (χ1v) is 13.0. The second-order valence-corrected chi connectivity index (χ2v) is 8.98. The van der Waals surface area contributed by atoms with Crippen LogP contribution in [0.1, 0.15) is 31.8 Å². The van der Waals surface area contributed by atoms with E-state index < -0.39 is 16.8 Å². The molecule has 0 bridgehead atoms. The first-order chi connectivity index (χ1) is 21.2. The van der Waals surface area contributed by atoms with Gasteiger partial charge in [0.2, 0.25) is 0 Å². The SMILES string of the molecule is COc1cccc(C(=O)Nc2cccc(C(=O)NN=Cc3ccc(OC(=O)/C=C/c4ccc([N+](=O)[O-])cc4)c(OC)c3)c2)c1. The molecular formula is C32H26N4O8. The summed E-state index contributed by atoms with van der Waals surface area (Å²) in [5, 5.41) is 17.5. The molecule has 4 rings (SSSR count). The van der Waals surface area contributed by atoms with Gasteiger partial charge in [0.05, 0.1) is 25.4 Å². The molecular weight excluding hydrogens is 568 g/mol. The number of rotatable bonds is 11. The standard InChI is InChI=1S/C32H26N4O8/c1-42-27-8-4-6-24(19-27)31(38)34-25-7-3-5-23(18-25)32(39)35-33-20-22-11-15-28(29(17-22)43-2)44-30(37)16-12-21-9-13-26(14-10-21)36(40)41/h3-20H,1-2H3,(H,34,38)(H,35,39)/b16-12+,33-20?. The Morgan fingerprint density at radius 3 is 2.20 bits per heavy atom. The quantitative estimate of drug-likeness (QED) is 0.0595. The molecule has 0 aromatic heterocycles. The molecule has 0 spiro atoms. The van der Waals surface area contributed by atoms with Crippen LogP contribution in [0.3, 0.4) is 0 Å². The number of ether oxygens (including phenoxy) is 3. The molecule has 4 aromatic carbocycles. The van der Waals surface area contributed by atoms with Crippen molar-refractivity contribution in [1.29, 1.82) is 0 Å². The maximum absolute atomic E-state index is 12.7. The van der Waals surface area contributed by atoms with E-state index >= 15 is 0 Å². The van der Waals surface area contributed by atoms with E-state index in [1.165, 1.54) is 69.0 Å². The molecule has 0 saturated heterocycles. The van der Waals surface area contributed by atoms with Crippen LogP contribution in [-0.4, -0.2) is 43.1 Å². The fourth-order valence-electron chi connectivity index (χ4n) is 3.80. The number of carbonyl (C=O) groups excluding carboxylic acids is 3. The van der Waals surface area contributed by atoms with Gasteiger partial charge in [-0.2, -0.15) is 5.10 Å². The van der Waals surface area contributed by atoms with Gasteiger partial charge in [-0.05, 0) is 83.9 Å². The zero-order chi connectivity index (χ0) is 31.5. The lowest BCUT2D eigenvalue weighted by Gasteiger charge is -2.09. The van der Waals surface area contributed by atoms with Crippen molar-refractivity contribution in [2.45, 2.75) is 0 Å². The summed E-state index contributed by atoms with van der Waals surface area (Å²) in [7, 11) is 2.92. The Kier molecular flexibility index (Phi) is 10.1. The number of non-ortho nitro benzene ring substituents is 1. The Balaban J connectivity index is 1.34. The second-order valence-electron chi connectivity index (χ2n) is 8.98. The number of nitro benzene ring substituents is 1. The van der Waals surface area contributed by atoms with Crippen LogP contribution in [0.25, 0.3) is 6.08 Å². The lowest BCUT2D eigenvalue weighted by atomic mass is 10.1. The topological polar surface area (TPSA) is 158 Å². The maximum atomic E-state index is 12.7. The number of amides is 2. The Bertz CT molecular complexity index is 1750. The second kappa shape index (κ2) is 14.5. The fraction of sp³-hybridized carbons (Fsp3) is 0.0625. The van der Waals surface area contributed by atoms with Gasteiger partial charge in [-0.25, -0.2) is 10.2 Å². The molecule has 0 heterocycles.